The minimum atomic E-state index is -0.203. The molecule has 2 aliphatic rings. The standard InChI is InChI=1S/C37H47N3O3/c1-4-28(2)40(37(42)43-27-29-14-8-5-9-15-29)33-20-22-39(23-21-33)26-32-24-34(25-35(32)30-16-10-6-11-17-30)38(3)36(41)31-18-12-7-13-19-31/h5-19,28,32-35H,4,20-27H2,1-3H3. The van der Waals surface area contributed by atoms with Gasteiger partial charge < -0.3 is 19.4 Å². The molecule has 0 spiro atoms. The topological polar surface area (TPSA) is 53.1 Å². The number of carbonyl (C=O) groups excluding carboxylic acids is 2. The molecule has 1 saturated carbocycles. The van der Waals surface area contributed by atoms with E-state index in [1.807, 2.05) is 77.5 Å². The summed E-state index contributed by atoms with van der Waals surface area (Å²) in [5.41, 5.74) is 3.13. The van der Waals surface area contributed by atoms with E-state index in [1.54, 1.807) is 0 Å². The van der Waals surface area contributed by atoms with Gasteiger partial charge in [0.1, 0.15) is 6.61 Å². The van der Waals surface area contributed by atoms with Crippen LogP contribution < -0.4 is 0 Å². The number of ether oxygens (including phenoxy) is 1. The van der Waals surface area contributed by atoms with Crippen molar-refractivity contribution in [2.24, 2.45) is 5.92 Å². The first-order chi connectivity index (χ1) is 20.9. The lowest BCUT2D eigenvalue weighted by atomic mass is 9.88. The predicted molar refractivity (Wildman–Crippen MR) is 172 cm³/mol. The summed E-state index contributed by atoms with van der Waals surface area (Å²) in [6, 6.07) is 30.9. The first kappa shape index (κ1) is 30.8. The van der Waals surface area contributed by atoms with Crippen molar-refractivity contribution in [1.82, 2.24) is 14.7 Å². The van der Waals surface area contributed by atoms with E-state index in [-0.39, 0.29) is 30.1 Å². The summed E-state index contributed by atoms with van der Waals surface area (Å²) in [5, 5.41) is 0. The zero-order valence-electron chi connectivity index (χ0n) is 26.0. The average molecular weight is 582 g/mol. The summed E-state index contributed by atoms with van der Waals surface area (Å²) in [7, 11) is 1.97. The Bertz CT molecular complexity index is 1290. The molecule has 1 aliphatic heterocycles. The van der Waals surface area contributed by atoms with Crippen LogP contribution in [0.4, 0.5) is 4.79 Å². The highest BCUT2D eigenvalue weighted by molar-refractivity contribution is 5.94. The average Bonchev–Trinajstić information content (AvgIpc) is 3.48. The van der Waals surface area contributed by atoms with Crippen LogP contribution in [0.1, 0.15) is 73.4 Å². The molecular weight excluding hydrogens is 534 g/mol. The van der Waals surface area contributed by atoms with E-state index in [1.165, 1.54) is 5.56 Å². The second-order valence-corrected chi connectivity index (χ2v) is 12.4. The van der Waals surface area contributed by atoms with Crippen molar-refractivity contribution >= 4 is 12.0 Å². The highest BCUT2D eigenvalue weighted by Gasteiger charge is 2.40. The Kier molecular flexibility index (Phi) is 10.5. The van der Waals surface area contributed by atoms with Crippen molar-refractivity contribution in [2.45, 2.75) is 76.6 Å². The Morgan fingerprint density at radius 3 is 2.09 bits per heavy atom. The Balaban J connectivity index is 1.21. The molecule has 1 saturated heterocycles. The van der Waals surface area contributed by atoms with Gasteiger partial charge in [-0.25, -0.2) is 4.79 Å². The fourth-order valence-electron chi connectivity index (χ4n) is 7.06. The molecule has 4 atom stereocenters. The molecule has 43 heavy (non-hydrogen) atoms. The monoisotopic (exact) mass is 581 g/mol. The molecule has 1 heterocycles. The number of hydrogen-bond acceptors (Lipinski definition) is 4. The van der Waals surface area contributed by atoms with Crippen molar-refractivity contribution in [3.05, 3.63) is 108 Å². The summed E-state index contributed by atoms with van der Waals surface area (Å²) < 4.78 is 5.79. The molecule has 0 bridgehead atoms. The maximum atomic E-state index is 13.3. The summed E-state index contributed by atoms with van der Waals surface area (Å²) >= 11 is 0. The van der Waals surface area contributed by atoms with Gasteiger partial charge in [0.2, 0.25) is 0 Å². The number of rotatable bonds is 10. The van der Waals surface area contributed by atoms with Gasteiger partial charge in [0.15, 0.2) is 0 Å². The van der Waals surface area contributed by atoms with Crippen LogP contribution in [0, 0.1) is 5.92 Å². The van der Waals surface area contributed by atoms with Gasteiger partial charge in [-0.1, -0.05) is 85.8 Å². The largest absolute Gasteiger partial charge is 0.445 e. The van der Waals surface area contributed by atoms with Gasteiger partial charge in [-0.2, -0.15) is 0 Å². The van der Waals surface area contributed by atoms with Crippen LogP contribution >= 0.6 is 0 Å². The Morgan fingerprint density at radius 2 is 1.47 bits per heavy atom. The van der Waals surface area contributed by atoms with Crippen molar-refractivity contribution in [2.75, 3.05) is 26.7 Å². The van der Waals surface area contributed by atoms with Gasteiger partial charge in [-0.15, -0.1) is 0 Å². The second-order valence-electron chi connectivity index (χ2n) is 12.4. The molecule has 1 aliphatic carbocycles. The van der Waals surface area contributed by atoms with Gasteiger partial charge in [-0.3, -0.25) is 4.79 Å². The lowest BCUT2D eigenvalue weighted by molar-refractivity contribution is 0.0402. The van der Waals surface area contributed by atoms with Crippen LogP contribution in [-0.2, 0) is 11.3 Å². The third kappa shape index (κ3) is 7.66. The first-order valence-corrected chi connectivity index (χ1v) is 16.0. The number of hydrogen-bond donors (Lipinski definition) is 0. The summed E-state index contributed by atoms with van der Waals surface area (Å²) in [6.45, 7) is 7.51. The van der Waals surface area contributed by atoms with E-state index in [4.69, 9.17) is 4.74 Å². The van der Waals surface area contributed by atoms with Gasteiger partial charge in [0.05, 0.1) is 0 Å². The van der Waals surface area contributed by atoms with Crippen molar-refractivity contribution in [3.63, 3.8) is 0 Å². The molecular formula is C37H47N3O3. The van der Waals surface area contributed by atoms with Crippen molar-refractivity contribution < 1.29 is 14.3 Å². The maximum absolute atomic E-state index is 13.3. The zero-order valence-corrected chi connectivity index (χ0v) is 26.0. The molecule has 228 valence electrons. The molecule has 3 aromatic rings. The van der Waals surface area contributed by atoms with E-state index in [0.29, 0.717) is 18.4 Å². The van der Waals surface area contributed by atoms with Crippen LogP contribution in [-0.4, -0.2) is 71.5 Å². The third-order valence-electron chi connectivity index (χ3n) is 9.71. The van der Waals surface area contributed by atoms with Crippen LogP contribution in [0.3, 0.4) is 0 Å². The van der Waals surface area contributed by atoms with Gasteiger partial charge in [0.25, 0.3) is 5.91 Å². The third-order valence-corrected chi connectivity index (χ3v) is 9.71. The minimum Gasteiger partial charge on any atom is -0.445 e. The summed E-state index contributed by atoms with van der Waals surface area (Å²) in [4.78, 5) is 33.2. The molecule has 6 nitrogen and oxygen atoms in total. The number of benzene rings is 3. The van der Waals surface area contributed by atoms with E-state index in [2.05, 4.69) is 49.1 Å². The zero-order chi connectivity index (χ0) is 30.2. The van der Waals surface area contributed by atoms with Crippen LogP contribution in [0.25, 0.3) is 0 Å². The normalized spacial score (nSPS) is 21.7. The lowest BCUT2D eigenvalue weighted by Crippen LogP contribution is -2.51. The maximum Gasteiger partial charge on any atom is 0.410 e. The van der Waals surface area contributed by atoms with Crippen molar-refractivity contribution in [3.8, 4) is 0 Å². The van der Waals surface area contributed by atoms with Gasteiger partial charge in [0, 0.05) is 50.4 Å². The number of piperidine rings is 1. The van der Waals surface area contributed by atoms with Gasteiger partial charge >= 0.3 is 6.09 Å². The SMILES string of the molecule is CCC(C)N(C(=O)OCc1ccccc1)C1CCN(CC2CC(N(C)C(=O)c3ccccc3)CC2c2ccccc2)CC1. The smallest absolute Gasteiger partial charge is 0.410 e. The van der Waals surface area contributed by atoms with Crippen LogP contribution in [0.2, 0.25) is 0 Å². The molecule has 2 fully saturated rings. The van der Waals surface area contributed by atoms with E-state index < -0.39 is 0 Å². The Morgan fingerprint density at radius 1 is 0.860 bits per heavy atom. The summed E-state index contributed by atoms with van der Waals surface area (Å²) in [5.74, 6) is 0.985. The second kappa shape index (κ2) is 14.7. The highest BCUT2D eigenvalue weighted by atomic mass is 16.6. The predicted octanol–water partition coefficient (Wildman–Crippen LogP) is 7.22. The number of carbonyl (C=O) groups is 2. The van der Waals surface area contributed by atoms with E-state index in [0.717, 1.165) is 62.9 Å². The van der Waals surface area contributed by atoms with E-state index >= 15 is 0 Å². The highest BCUT2D eigenvalue weighted by Crippen LogP contribution is 2.42. The molecule has 0 aromatic heterocycles. The lowest BCUT2D eigenvalue weighted by Gasteiger charge is -2.41. The fourth-order valence-corrected chi connectivity index (χ4v) is 7.06. The van der Waals surface area contributed by atoms with Gasteiger partial charge in [-0.05, 0) is 74.1 Å². The molecule has 2 amide bonds. The number of nitrogens with zero attached hydrogens (tertiary/aromatic N) is 3. The number of amides is 2. The summed E-state index contributed by atoms with van der Waals surface area (Å²) in [6.07, 6.45) is 4.57. The molecule has 4 unspecified atom stereocenters. The fraction of sp³-hybridized carbons (Fsp3) is 0.459. The van der Waals surface area contributed by atoms with Crippen molar-refractivity contribution in [1.29, 1.82) is 0 Å². The number of likely N-dealkylation sites (tertiary alicyclic amines) is 1. The molecule has 0 radical (unpaired) electrons. The quantitative estimate of drug-likeness (QED) is 0.254. The molecule has 0 N–H and O–H groups in total. The first-order valence-electron chi connectivity index (χ1n) is 16.0. The molecule has 6 heteroatoms. The Labute approximate surface area is 257 Å². The Hall–Kier alpha value is -3.64. The molecule has 3 aromatic carbocycles. The molecule has 5 rings (SSSR count). The van der Waals surface area contributed by atoms with E-state index in [9.17, 15) is 9.59 Å². The minimum absolute atomic E-state index is 0.100. The van der Waals surface area contributed by atoms with Crippen LogP contribution in [0.15, 0.2) is 91.0 Å². The van der Waals surface area contributed by atoms with Crippen LogP contribution in [0.5, 0.6) is 0 Å².